The fourth-order valence-corrected chi connectivity index (χ4v) is 4.20. The highest BCUT2D eigenvalue weighted by molar-refractivity contribution is 7.98. The van der Waals surface area contributed by atoms with Crippen LogP contribution in [0.3, 0.4) is 0 Å². The zero-order chi connectivity index (χ0) is 22.7. The number of hydrogen-bond donors (Lipinski definition) is 0. The Balaban J connectivity index is 1.53. The fraction of sp³-hybridized carbons (Fsp3) is 0.250. The zero-order valence-electron chi connectivity index (χ0n) is 18.2. The molecule has 0 saturated heterocycles. The summed E-state index contributed by atoms with van der Waals surface area (Å²) in [6.07, 6.45) is 1.84. The van der Waals surface area contributed by atoms with Crippen molar-refractivity contribution in [1.29, 1.82) is 0 Å². The van der Waals surface area contributed by atoms with Gasteiger partial charge in [-0.15, -0.1) is 27.0 Å². The minimum Gasteiger partial charge on any atom is -0.420 e. The number of rotatable bonds is 7. The van der Waals surface area contributed by atoms with Crippen LogP contribution in [0.25, 0.3) is 22.8 Å². The van der Waals surface area contributed by atoms with Crippen LogP contribution in [0.4, 0.5) is 0 Å². The number of nitrogens with zero attached hydrogens (tertiary/aromatic N) is 5. The average molecular weight is 466 g/mol. The number of aromatic nitrogens is 5. The summed E-state index contributed by atoms with van der Waals surface area (Å²) in [7, 11) is 0. The third-order valence-corrected chi connectivity index (χ3v) is 6.21. The van der Waals surface area contributed by atoms with Gasteiger partial charge in [0.05, 0.1) is 16.3 Å². The van der Waals surface area contributed by atoms with Gasteiger partial charge in [-0.1, -0.05) is 86.6 Å². The average Bonchev–Trinajstić information content (AvgIpc) is 3.40. The molecule has 0 N–H and O–H groups in total. The van der Waals surface area contributed by atoms with Gasteiger partial charge in [-0.25, -0.2) is 0 Å². The Kier molecular flexibility index (Phi) is 6.48. The largest absolute Gasteiger partial charge is 0.420 e. The summed E-state index contributed by atoms with van der Waals surface area (Å²) in [5.74, 6) is 2.16. The maximum Gasteiger partial charge on any atom is 0.249 e. The van der Waals surface area contributed by atoms with Crippen LogP contribution < -0.4 is 0 Å². The number of benzene rings is 2. The monoisotopic (exact) mass is 465 g/mol. The Morgan fingerprint density at radius 1 is 1.03 bits per heavy atom. The lowest BCUT2D eigenvalue weighted by molar-refractivity contribution is 0.528. The van der Waals surface area contributed by atoms with E-state index < -0.39 is 0 Å². The van der Waals surface area contributed by atoms with Crippen molar-refractivity contribution >= 4 is 23.4 Å². The molecule has 2 aromatic carbocycles. The predicted molar refractivity (Wildman–Crippen MR) is 129 cm³/mol. The first kappa shape index (κ1) is 22.3. The summed E-state index contributed by atoms with van der Waals surface area (Å²) in [4.78, 5) is 0. The van der Waals surface area contributed by atoms with Crippen LogP contribution >= 0.6 is 23.4 Å². The minimum atomic E-state index is 0.0985. The number of hydrogen-bond acceptors (Lipinski definition) is 6. The van der Waals surface area contributed by atoms with Crippen molar-refractivity contribution in [2.24, 2.45) is 0 Å². The van der Waals surface area contributed by atoms with Gasteiger partial charge in [0, 0.05) is 12.1 Å². The quantitative estimate of drug-likeness (QED) is 0.231. The summed E-state index contributed by atoms with van der Waals surface area (Å²) in [5.41, 5.74) is 3.10. The van der Waals surface area contributed by atoms with E-state index in [2.05, 4.69) is 72.0 Å². The molecule has 0 bridgehead atoms. The molecule has 2 heterocycles. The Morgan fingerprint density at radius 3 is 2.47 bits per heavy atom. The third-order valence-electron chi connectivity index (χ3n) is 4.93. The van der Waals surface area contributed by atoms with E-state index in [1.54, 1.807) is 6.07 Å². The Labute approximate surface area is 196 Å². The molecular weight excluding hydrogens is 442 g/mol. The molecule has 0 unspecified atom stereocenters. The molecule has 6 nitrogen and oxygen atoms in total. The van der Waals surface area contributed by atoms with Crippen LogP contribution in [0, 0.1) is 0 Å². The molecule has 0 aliphatic carbocycles. The van der Waals surface area contributed by atoms with Crippen LogP contribution in [0.5, 0.6) is 0 Å². The molecule has 4 aromatic rings. The van der Waals surface area contributed by atoms with Gasteiger partial charge in [-0.05, 0) is 23.1 Å². The molecule has 0 saturated carbocycles. The normalized spacial score (nSPS) is 11.6. The Hall–Kier alpha value is -2.90. The number of thioether (sulfide) groups is 1. The van der Waals surface area contributed by atoms with Gasteiger partial charge in [0.2, 0.25) is 11.8 Å². The van der Waals surface area contributed by atoms with Crippen molar-refractivity contribution in [3.63, 3.8) is 0 Å². The van der Waals surface area contributed by atoms with E-state index in [1.165, 1.54) is 17.3 Å². The summed E-state index contributed by atoms with van der Waals surface area (Å²) in [5, 5.41) is 18.4. The van der Waals surface area contributed by atoms with E-state index in [1.807, 2.05) is 28.8 Å². The second-order valence-corrected chi connectivity index (χ2v) is 9.65. The summed E-state index contributed by atoms with van der Waals surface area (Å²) in [6, 6.07) is 15.9. The molecule has 4 rings (SSSR count). The van der Waals surface area contributed by atoms with E-state index in [9.17, 15) is 0 Å². The first-order chi connectivity index (χ1) is 15.4. The summed E-state index contributed by atoms with van der Waals surface area (Å²) >= 11 is 7.72. The van der Waals surface area contributed by atoms with Gasteiger partial charge in [0.25, 0.3) is 0 Å². The van der Waals surface area contributed by atoms with Gasteiger partial charge in [0.1, 0.15) is 0 Å². The van der Waals surface area contributed by atoms with Crippen LogP contribution in [0.2, 0.25) is 5.02 Å². The van der Waals surface area contributed by atoms with Crippen molar-refractivity contribution in [1.82, 2.24) is 25.0 Å². The molecule has 0 spiro atoms. The van der Waals surface area contributed by atoms with E-state index in [0.717, 1.165) is 16.5 Å². The minimum absolute atomic E-state index is 0.0985. The van der Waals surface area contributed by atoms with Crippen LogP contribution in [0.15, 0.2) is 70.8 Å². The predicted octanol–water partition coefficient (Wildman–Crippen LogP) is 6.42. The fourth-order valence-electron chi connectivity index (χ4n) is 3.20. The maximum atomic E-state index is 6.23. The van der Waals surface area contributed by atoms with E-state index in [4.69, 9.17) is 16.0 Å². The van der Waals surface area contributed by atoms with Crippen molar-refractivity contribution in [3.05, 3.63) is 77.7 Å². The Bertz CT molecular complexity index is 1220. The first-order valence-corrected chi connectivity index (χ1v) is 11.6. The van der Waals surface area contributed by atoms with Crippen LogP contribution in [0.1, 0.15) is 32.2 Å². The molecule has 0 aliphatic heterocycles. The molecular formula is C24H24ClN5OS. The van der Waals surface area contributed by atoms with E-state index in [-0.39, 0.29) is 5.41 Å². The van der Waals surface area contributed by atoms with Crippen molar-refractivity contribution in [2.45, 2.75) is 43.6 Å². The summed E-state index contributed by atoms with van der Waals surface area (Å²) in [6.45, 7) is 11.1. The molecule has 0 radical (unpaired) electrons. The van der Waals surface area contributed by atoms with Gasteiger partial charge in [-0.2, -0.15) is 0 Å². The molecule has 0 amide bonds. The number of halogens is 1. The highest BCUT2D eigenvalue weighted by atomic mass is 35.5. The van der Waals surface area contributed by atoms with E-state index in [0.29, 0.717) is 34.7 Å². The maximum absolute atomic E-state index is 6.23. The molecule has 0 fully saturated rings. The van der Waals surface area contributed by atoms with Crippen molar-refractivity contribution < 1.29 is 4.42 Å². The first-order valence-electron chi connectivity index (χ1n) is 10.2. The lowest BCUT2D eigenvalue weighted by Crippen LogP contribution is -2.10. The molecule has 2 aromatic heterocycles. The van der Waals surface area contributed by atoms with Gasteiger partial charge in [0.15, 0.2) is 11.0 Å². The van der Waals surface area contributed by atoms with Crippen LogP contribution in [-0.2, 0) is 17.7 Å². The van der Waals surface area contributed by atoms with E-state index >= 15 is 0 Å². The smallest absolute Gasteiger partial charge is 0.249 e. The standard InChI is InChI=1S/C24H24ClN5OS/c1-5-14-30-21(16-10-12-17(13-11-16)24(2,3)4)27-29-23(30)32-15-20-26-28-22(31-20)18-8-6-7-9-19(18)25/h5-13H,1,14-15H2,2-4H3. The van der Waals surface area contributed by atoms with Gasteiger partial charge in [-0.3, -0.25) is 4.57 Å². The Morgan fingerprint density at radius 2 is 1.78 bits per heavy atom. The second-order valence-electron chi connectivity index (χ2n) is 8.30. The molecule has 8 heteroatoms. The third kappa shape index (κ3) is 4.79. The zero-order valence-corrected chi connectivity index (χ0v) is 19.8. The van der Waals surface area contributed by atoms with Crippen LogP contribution in [-0.4, -0.2) is 25.0 Å². The highest BCUT2D eigenvalue weighted by Gasteiger charge is 2.18. The molecule has 32 heavy (non-hydrogen) atoms. The SMILES string of the molecule is C=CCn1c(SCc2nnc(-c3ccccc3Cl)o2)nnc1-c1ccc(C(C)(C)C)cc1. The van der Waals surface area contributed by atoms with Crippen molar-refractivity contribution in [3.8, 4) is 22.8 Å². The second kappa shape index (κ2) is 9.30. The van der Waals surface area contributed by atoms with Gasteiger partial charge >= 0.3 is 0 Å². The number of allylic oxidation sites excluding steroid dienone is 1. The summed E-state index contributed by atoms with van der Waals surface area (Å²) < 4.78 is 7.84. The topological polar surface area (TPSA) is 69.6 Å². The highest BCUT2D eigenvalue weighted by Crippen LogP contribution is 2.30. The lowest BCUT2D eigenvalue weighted by Gasteiger charge is -2.19. The molecule has 164 valence electrons. The van der Waals surface area contributed by atoms with Gasteiger partial charge < -0.3 is 4.42 Å². The van der Waals surface area contributed by atoms with Crippen molar-refractivity contribution in [2.75, 3.05) is 0 Å². The molecule has 0 atom stereocenters. The molecule has 0 aliphatic rings. The lowest BCUT2D eigenvalue weighted by atomic mass is 9.87.